The molecule has 1 aliphatic rings. The Kier molecular flexibility index (Phi) is 6.41. The molecule has 2 atom stereocenters. The molecule has 3 nitrogen and oxygen atoms in total. The van der Waals surface area contributed by atoms with Crippen LogP contribution >= 0.6 is 0 Å². The van der Waals surface area contributed by atoms with Gasteiger partial charge in [-0.15, -0.1) is 0 Å². The predicted molar refractivity (Wildman–Crippen MR) is 74.9 cm³/mol. The van der Waals surface area contributed by atoms with Crippen molar-refractivity contribution >= 4 is 5.91 Å². The minimum absolute atomic E-state index is 0. The average Bonchev–Trinajstić information content (AvgIpc) is 2.73. The number of benzene rings is 1. The number of aryl methyl sites for hydroxylation is 1. The van der Waals surface area contributed by atoms with Crippen molar-refractivity contribution < 1.29 is 30.6 Å². The second-order valence-electron chi connectivity index (χ2n) is 5.72. The SMILES string of the molecule is COC1CCC(C)(NC(=O)Cc2[c-]cccc2C)C1.[W]. The van der Waals surface area contributed by atoms with Crippen LogP contribution in [0.4, 0.5) is 0 Å². The molecule has 0 bridgehead atoms. The van der Waals surface area contributed by atoms with Crippen molar-refractivity contribution in [1.82, 2.24) is 5.32 Å². The summed E-state index contributed by atoms with van der Waals surface area (Å²) in [5, 5.41) is 3.16. The molecule has 0 heterocycles. The van der Waals surface area contributed by atoms with Crippen molar-refractivity contribution in [2.24, 2.45) is 0 Å². The number of hydrogen-bond acceptors (Lipinski definition) is 2. The van der Waals surface area contributed by atoms with E-state index in [1.54, 1.807) is 7.11 Å². The minimum atomic E-state index is -0.125. The molecule has 4 heteroatoms. The molecule has 20 heavy (non-hydrogen) atoms. The van der Waals surface area contributed by atoms with Gasteiger partial charge in [0, 0.05) is 40.1 Å². The van der Waals surface area contributed by atoms with E-state index in [1.165, 1.54) is 0 Å². The summed E-state index contributed by atoms with van der Waals surface area (Å²) in [6, 6.07) is 8.95. The van der Waals surface area contributed by atoms with Gasteiger partial charge < -0.3 is 10.1 Å². The van der Waals surface area contributed by atoms with E-state index in [1.807, 2.05) is 25.1 Å². The maximum Gasteiger partial charge on any atom is 0.222 e. The summed E-state index contributed by atoms with van der Waals surface area (Å²) >= 11 is 0. The van der Waals surface area contributed by atoms with Gasteiger partial charge in [-0.2, -0.15) is 35.4 Å². The Bertz CT molecular complexity index is 464. The smallest absolute Gasteiger partial charge is 0.222 e. The van der Waals surface area contributed by atoms with E-state index in [2.05, 4.69) is 18.3 Å². The van der Waals surface area contributed by atoms with Crippen molar-refractivity contribution in [3.05, 3.63) is 35.4 Å². The van der Waals surface area contributed by atoms with Gasteiger partial charge in [-0.05, 0) is 26.2 Å². The van der Waals surface area contributed by atoms with Gasteiger partial charge in [-0.25, -0.2) is 0 Å². The van der Waals surface area contributed by atoms with E-state index in [-0.39, 0.29) is 38.6 Å². The molecule has 0 radical (unpaired) electrons. The first-order valence-corrected chi connectivity index (χ1v) is 6.82. The molecule has 2 unspecified atom stereocenters. The molecule has 1 N–H and O–H groups in total. The van der Waals surface area contributed by atoms with Crippen molar-refractivity contribution in [3.63, 3.8) is 0 Å². The van der Waals surface area contributed by atoms with Gasteiger partial charge in [0.05, 0.1) is 6.10 Å². The first-order valence-electron chi connectivity index (χ1n) is 6.82. The van der Waals surface area contributed by atoms with E-state index >= 15 is 0 Å². The molecule has 0 spiro atoms. The fourth-order valence-corrected chi connectivity index (χ4v) is 2.79. The normalized spacial score (nSPS) is 25.1. The van der Waals surface area contributed by atoms with Crippen LogP contribution in [0.5, 0.6) is 0 Å². The molecule has 1 aromatic rings. The molecular weight excluding hydrogens is 422 g/mol. The molecule has 1 aliphatic carbocycles. The molecular formula is C16H22NO2W-. The molecule has 0 saturated heterocycles. The Morgan fingerprint density at radius 1 is 1.60 bits per heavy atom. The van der Waals surface area contributed by atoms with Gasteiger partial charge in [0.1, 0.15) is 0 Å². The van der Waals surface area contributed by atoms with Crippen LogP contribution in [0.1, 0.15) is 37.3 Å². The van der Waals surface area contributed by atoms with Crippen LogP contribution in [0, 0.1) is 13.0 Å². The molecule has 1 fully saturated rings. The number of carbonyl (C=O) groups is 1. The Morgan fingerprint density at radius 3 is 2.95 bits per heavy atom. The number of nitrogens with one attached hydrogen (secondary N) is 1. The Hall–Kier alpha value is -0.662. The summed E-state index contributed by atoms with van der Waals surface area (Å²) in [7, 11) is 1.74. The molecule has 0 aromatic heterocycles. The summed E-state index contributed by atoms with van der Waals surface area (Å²) in [5.41, 5.74) is 1.97. The van der Waals surface area contributed by atoms with Gasteiger partial charge in [0.2, 0.25) is 5.91 Å². The topological polar surface area (TPSA) is 38.3 Å². The molecule has 1 amide bonds. The minimum Gasteiger partial charge on any atom is -0.381 e. The van der Waals surface area contributed by atoms with Gasteiger partial charge in [-0.1, -0.05) is 6.92 Å². The van der Waals surface area contributed by atoms with Crippen LogP contribution < -0.4 is 5.32 Å². The van der Waals surface area contributed by atoms with Crippen molar-refractivity contribution in [1.29, 1.82) is 0 Å². The summed E-state index contributed by atoms with van der Waals surface area (Å²) < 4.78 is 5.37. The van der Waals surface area contributed by atoms with E-state index < -0.39 is 0 Å². The Balaban J connectivity index is 0.00000200. The van der Waals surface area contributed by atoms with E-state index in [9.17, 15) is 4.79 Å². The molecule has 0 aliphatic heterocycles. The van der Waals surface area contributed by atoms with Crippen molar-refractivity contribution in [2.75, 3.05) is 7.11 Å². The summed E-state index contributed by atoms with van der Waals surface area (Å²) in [4.78, 5) is 12.1. The number of ether oxygens (including phenoxy) is 1. The van der Waals surface area contributed by atoms with Crippen LogP contribution in [0.15, 0.2) is 18.2 Å². The van der Waals surface area contributed by atoms with Crippen LogP contribution in [-0.4, -0.2) is 24.7 Å². The first-order chi connectivity index (χ1) is 9.02. The van der Waals surface area contributed by atoms with E-state index in [4.69, 9.17) is 4.74 Å². The maximum absolute atomic E-state index is 12.1. The zero-order valence-electron chi connectivity index (χ0n) is 12.4. The molecule has 1 saturated carbocycles. The number of rotatable bonds is 4. The van der Waals surface area contributed by atoms with Gasteiger partial charge in [0.15, 0.2) is 0 Å². The number of hydrogen-bond donors (Lipinski definition) is 1. The van der Waals surface area contributed by atoms with Crippen LogP contribution in [0.3, 0.4) is 0 Å². The largest absolute Gasteiger partial charge is 0.381 e. The quantitative estimate of drug-likeness (QED) is 0.725. The molecule has 2 rings (SSSR count). The van der Waals surface area contributed by atoms with Gasteiger partial charge in [-0.3, -0.25) is 4.79 Å². The standard InChI is InChI=1S/C16H22NO2.W/c1-12-6-4-5-7-13(12)10-15(18)17-16(2)9-8-14(11-16)19-3;/h4-6,14H,8-11H2,1-3H3,(H,17,18);/q-1;. The third-order valence-electron chi connectivity index (χ3n) is 3.98. The number of carbonyl (C=O) groups excluding carboxylic acids is 1. The Morgan fingerprint density at radius 2 is 2.35 bits per heavy atom. The van der Waals surface area contributed by atoms with E-state index in [0.29, 0.717) is 6.42 Å². The summed E-state index contributed by atoms with van der Waals surface area (Å²) in [6.07, 6.45) is 3.57. The predicted octanol–water partition coefficient (Wildman–Crippen LogP) is 2.41. The number of amides is 1. The van der Waals surface area contributed by atoms with Crippen LogP contribution in [-0.2, 0) is 37.0 Å². The van der Waals surface area contributed by atoms with E-state index in [0.717, 1.165) is 30.4 Å². The fraction of sp³-hybridized carbons (Fsp3) is 0.562. The first kappa shape index (κ1) is 17.4. The second kappa shape index (κ2) is 7.38. The van der Waals surface area contributed by atoms with Crippen molar-refractivity contribution in [2.45, 2.75) is 51.2 Å². The summed E-state index contributed by atoms with van der Waals surface area (Å²) in [6.45, 7) is 4.11. The summed E-state index contributed by atoms with van der Waals surface area (Å²) in [5.74, 6) is 0.0739. The third-order valence-corrected chi connectivity index (χ3v) is 3.98. The Labute approximate surface area is 135 Å². The zero-order chi connectivity index (χ0) is 13.9. The third kappa shape index (κ3) is 4.43. The fourth-order valence-electron chi connectivity index (χ4n) is 2.79. The van der Waals surface area contributed by atoms with Gasteiger partial charge in [0.25, 0.3) is 0 Å². The maximum atomic E-state index is 12.1. The van der Waals surface area contributed by atoms with Crippen molar-refractivity contribution in [3.8, 4) is 0 Å². The molecule has 1 aromatic carbocycles. The second-order valence-corrected chi connectivity index (χ2v) is 5.72. The monoisotopic (exact) mass is 444 g/mol. The van der Waals surface area contributed by atoms with Gasteiger partial charge >= 0.3 is 0 Å². The van der Waals surface area contributed by atoms with Crippen LogP contribution in [0.25, 0.3) is 0 Å². The molecule has 110 valence electrons. The number of methoxy groups -OCH3 is 1. The van der Waals surface area contributed by atoms with Crippen LogP contribution in [0.2, 0.25) is 0 Å². The zero-order valence-corrected chi connectivity index (χ0v) is 15.3. The average molecular weight is 444 g/mol.